The second-order valence-corrected chi connectivity index (χ2v) is 10.1. The van der Waals surface area contributed by atoms with Crippen molar-refractivity contribution in [2.24, 2.45) is 11.8 Å². The van der Waals surface area contributed by atoms with Crippen molar-refractivity contribution in [1.29, 1.82) is 5.41 Å². The van der Waals surface area contributed by atoms with Gasteiger partial charge in [0.15, 0.2) is 0 Å². The first-order valence-electron chi connectivity index (χ1n) is 13.8. The van der Waals surface area contributed by atoms with Crippen LogP contribution in [0.15, 0.2) is 97.6 Å². The van der Waals surface area contributed by atoms with Gasteiger partial charge in [0.2, 0.25) is 17.7 Å². The van der Waals surface area contributed by atoms with Gasteiger partial charge < -0.3 is 15.5 Å². The lowest BCUT2D eigenvalue weighted by molar-refractivity contribution is -0.131. The van der Waals surface area contributed by atoms with E-state index >= 15 is 0 Å². The van der Waals surface area contributed by atoms with Crippen molar-refractivity contribution in [3.8, 4) is 0 Å². The molecule has 3 rings (SSSR count). The Kier molecular flexibility index (Phi) is 13.7. The number of para-hydroxylation sites is 1. The van der Waals surface area contributed by atoms with E-state index in [1.165, 1.54) is 4.90 Å². The molecule has 3 N–H and O–H groups in total. The number of rotatable bonds is 12. The van der Waals surface area contributed by atoms with Crippen LogP contribution in [-0.2, 0) is 20.9 Å². The van der Waals surface area contributed by atoms with Crippen molar-refractivity contribution < 1.29 is 14.4 Å². The van der Waals surface area contributed by atoms with E-state index in [0.29, 0.717) is 29.9 Å². The standard InChI is InChI=1S/C31H36N4O3.C3H6/c1-22(2)18-25(19-28(36)33-20-23-12-6-4-7-13-23)31(38)34-21-29(37)35(3)27-17-11-10-16-26(27)30(32)24-14-8-5-9-15-24;1-3-2/h4-17,22,25,32H,18-21H2,1-3H3,(H,33,36)(H,34,38);3H,1H2,2H3/t25-;/m1./s1. The molecule has 3 aromatic carbocycles. The average Bonchev–Trinajstić information content (AvgIpc) is 2.98. The first-order valence-corrected chi connectivity index (χ1v) is 13.8. The van der Waals surface area contributed by atoms with Gasteiger partial charge in [-0.1, -0.05) is 98.8 Å². The van der Waals surface area contributed by atoms with Gasteiger partial charge in [-0.25, -0.2) is 0 Å². The highest BCUT2D eigenvalue weighted by molar-refractivity contribution is 6.15. The van der Waals surface area contributed by atoms with E-state index < -0.39 is 5.92 Å². The number of benzene rings is 3. The van der Waals surface area contributed by atoms with Crippen LogP contribution in [0.5, 0.6) is 0 Å². The average molecular weight is 555 g/mol. The van der Waals surface area contributed by atoms with Crippen molar-refractivity contribution in [3.05, 3.63) is 114 Å². The molecule has 0 saturated carbocycles. The van der Waals surface area contributed by atoms with E-state index in [9.17, 15) is 14.4 Å². The van der Waals surface area contributed by atoms with Crippen LogP contribution in [0.25, 0.3) is 0 Å². The summed E-state index contributed by atoms with van der Waals surface area (Å²) in [5.41, 5.74) is 3.24. The Labute approximate surface area is 244 Å². The number of amides is 3. The molecule has 0 saturated heterocycles. The number of carbonyl (C=O) groups is 3. The van der Waals surface area contributed by atoms with Crippen molar-refractivity contribution in [3.63, 3.8) is 0 Å². The Morgan fingerprint density at radius 1 is 0.902 bits per heavy atom. The summed E-state index contributed by atoms with van der Waals surface area (Å²) in [6.45, 7) is 9.44. The molecule has 0 heterocycles. The fourth-order valence-corrected chi connectivity index (χ4v) is 4.24. The largest absolute Gasteiger partial charge is 0.352 e. The topological polar surface area (TPSA) is 102 Å². The molecule has 0 aliphatic rings. The lowest BCUT2D eigenvalue weighted by Gasteiger charge is -2.23. The summed E-state index contributed by atoms with van der Waals surface area (Å²) in [4.78, 5) is 40.1. The number of nitrogens with zero attached hydrogens (tertiary/aromatic N) is 1. The summed E-state index contributed by atoms with van der Waals surface area (Å²) < 4.78 is 0. The van der Waals surface area contributed by atoms with Gasteiger partial charge in [0.25, 0.3) is 0 Å². The van der Waals surface area contributed by atoms with Gasteiger partial charge >= 0.3 is 0 Å². The van der Waals surface area contributed by atoms with E-state index in [-0.39, 0.29) is 36.6 Å². The number of likely N-dealkylation sites (N-methyl/N-ethyl adjacent to an activating group) is 1. The molecule has 0 fully saturated rings. The molecule has 3 amide bonds. The van der Waals surface area contributed by atoms with Gasteiger partial charge in [0.05, 0.1) is 17.9 Å². The van der Waals surface area contributed by atoms with E-state index in [1.54, 1.807) is 25.3 Å². The molecule has 0 radical (unpaired) electrons. The van der Waals surface area contributed by atoms with Crippen LogP contribution in [0, 0.1) is 17.2 Å². The molecule has 0 spiro atoms. The minimum absolute atomic E-state index is 0.0535. The number of hydrogen-bond acceptors (Lipinski definition) is 4. The van der Waals surface area contributed by atoms with Crippen LogP contribution in [0.2, 0.25) is 0 Å². The van der Waals surface area contributed by atoms with Crippen molar-refractivity contribution in [2.75, 3.05) is 18.5 Å². The highest BCUT2D eigenvalue weighted by Gasteiger charge is 2.24. The normalized spacial score (nSPS) is 11.0. The number of anilines is 1. The van der Waals surface area contributed by atoms with Gasteiger partial charge in [-0.05, 0) is 30.9 Å². The smallest absolute Gasteiger partial charge is 0.246 e. The first kappa shape index (κ1) is 32.7. The Hall–Kier alpha value is -4.52. The Morgan fingerprint density at radius 3 is 2.07 bits per heavy atom. The van der Waals surface area contributed by atoms with Crippen LogP contribution in [-0.4, -0.2) is 37.0 Å². The van der Waals surface area contributed by atoms with Crippen LogP contribution >= 0.6 is 0 Å². The number of hydrogen-bond donors (Lipinski definition) is 3. The third-order valence-electron chi connectivity index (χ3n) is 6.28. The van der Waals surface area contributed by atoms with Gasteiger partial charge in [-0.2, -0.15) is 0 Å². The van der Waals surface area contributed by atoms with Gasteiger partial charge in [-0.3, -0.25) is 19.8 Å². The summed E-state index contributed by atoms with van der Waals surface area (Å²) in [7, 11) is 1.63. The summed E-state index contributed by atoms with van der Waals surface area (Å²) in [6.07, 6.45) is 2.34. The molecule has 41 heavy (non-hydrogen) atoms. The monoisotopic (exact) mass is 554 g/mol. The second-order valence-electron chi connectivity index (χ2n) is 10.1. The van der Waals surface area contributed by atoms with E-state index in [2.05, 4.69) is 17.2 Å². The van der Waals surface area contributed by atoms with Crippen molar-refractivity contribution in [1.82, 2.24) is 10.6 Å². The number of carbonyl (C=O) groups excluding carboxylic acids is 3. The fraction of sp³-hybridized carbons (Fsp3) is 0.294. The second kappa shape index (κ2) is 17.2. The molecule has 0 aliphatic heterocycles. The predicted molar refractivity (Wildman–Crippen MR) is 167 cm³/mol. The zero-order valence-corrected chi connectivity index (χ0v) is 24.5. The lowest BCUT2D eigenvalue weighted by atomic mass is 9.93. The molecule has 7 heteroatoms. The zero-order chi connectivity index (χ0) is 30.2. The van der Waals surface area contributed by atoms with Crippen molar-refractivity contribution >= 4 is 29.1 Å². The Balaban J connectivity index is 0.00000187. The SMILES string of the molecule is C=CC.CC(C)C[C@H](CC(=O)NCc1ccccc1)C(=O)NCC(=O)N(C)c1ccccc1C(=N)c1ccccc1. The summed E-state index contributed by atoms with van der Waals surface area (Å²) in [5.74, 6) is -1.17. The van der Waals surface area contributed by atoms with Gasteiger partial charge in [0.1, 0.15) is 0 Å². The maximum absolute atomic E-state index is 13.0. The first-order chi connectivity index (χ1) is 19.7. The summed E-state index contributed by atoms with van der Waals surface area (Å²) in [6, 6.07) is 26.2. The third-order valence-corrected chi connectivity index (χ3v) is 6.28. The predicted octanol–water partition coefficient (Wildman–Crippen LogP) is 5.74. The molecule has 3 aromatic rings. The molecule has 0 unspecified atom stereocenters. The van der Waals surface area contributed by atoms with Crippen molar-refractivity contribution in [2.45, 2.75) is 40.2 Å². The minimum atomic E-state index is -0.539. The molecule has 1 atom stereocenters. The van der Waals surface area contributed by atoms with E-state index in [0.717, 1.165) is 11.1 Å². The minimum Gasteiger partial charge on any atom is -0.352 e. The number of nitrogens with one attached hydrogen (secondary N) is 3. The Bertz CT molecular complexity index is 1290. The van der Waals surface area contributed by atoms with Crippen LogP contribution in [0.1, 0.15) is 50.3 Å². The van der Waals surface area contributed by atoms with Crippen LogP contribution in [0.3, 0.4) is 0 Å². The quantitative estimate of drug-likeness (QED) is 0.196. The molecule has 0 bridgehead atoms. The van der Waals surface area contributed by atoms with E-state index in [1.807, 2.05) is 93.6 Å². The summed E-state index contributed by atoms with van der Waals surface area (Å²) in [5, 5.41) is 14.3. The summed E-state index contributed by atoms with van der Waals surface area (Å²) >= 11 is 0. The molecule has 7 nitrogen and oxygen atoms in total. The molecule has 0 aromatic heterocycles. The molecule has 0 aliphatic carbocycles. The maximum Gasteiger partial charge on any atom is 0.246 e. The highest BCUT2D eigenvalue weighted by Crippen LogP contribution is 2.23. The molecule has 216 valence electrons. The maximum atomic E-state index is 13.0. The van der Waals surface area contributed by atoms with Gasteiger partial charge in [0, 0.05) is 37.1 Å². The lowest BCUT2D eigenvalue weighted by Crippen LogP contribution is -2.42. The Morgan fingerprint density at radius 2 is 1.46 bits per heavy atom. The highest BCUT2D eigenvalue weighted by atomic mass is 16.2. The van der Waals surface area contributed by atoms with E-state index in [4.69, 9.17) is 5.41 Å². The van der Waals surface area contributed by atoms with Crippen LogP contribution < -0.4 is 15.5 Å². The molecular formula is C34H42N4O3. The molecular weight excluding hydrogens is 512 g/mol. The van der Waals surface area contributed by atoms with Crippen LogP contribution in [0.4, 0.5) is 5.69 Å². The third kappa shape index (κ3) is 10.9. The van der Waals surface area contributed by atoms with Gasteiger partial charge in [-0.15, -0.1) is 6.58 Å². The zero-order valence-electron chi connectivity index (χ0n) is 24.5. The fourth-order valence-electron chi connectivity index (χ4n) is 4.24. The number of allylic oxidation sites excluding steroid dienone is 1.